The maximum Gasteiger partial charge on any atom is 0.421 e. The maximum atomic E-state index is 13.3. The lowest BCUT2D eigenvalue weighted by Gasteiger charge is -2.15. The Morgan fingerprint density at radius 3 is 2.11 bits per heavy atom. The highest BCUT2D eigenvalue weighted by Crippen LogP contribution is 2.35. The van der Waals surface area contributed by atoms with Crippen molar-refractivity contribution in [2.45, 2.75) is 25.9 Å². The van der Waals surface area contributed by atoms with Gasteiger partial charge in [-0.05, 0) is 48.4 Å². The van der Waals surface area contributed by atoms with Crippen LogP contribution in [0.5, 0.6) is 0 Å². The Labute approximate surface area is 159 Å². The summed E-state index contributed by atoms with van der Waals surface area (Å²) in [5.41, 5.74) is 1.06. The Bertz CT molecular complexity index is 922. The van der Waals surface area contributed by atoms with E-state index in [0.717, 1.165) is 18.4 Å². The zero-order valence-electron chi connectivity index (χ0n) is 15.0. The Balaban J connectivity index is 1.88. The predicted molar refractivity (Wildman–Crippen MR) is 100 cm³/mol. The first-order valence-electron chi connectivity index (χ1n) is 8.68. The van der Waals surface area contributed by atoms with Crippen molar-refractivity contribution >= 4 is 23.1 Å². The number of benzene rings is 2. The van der Waals surface area contributed by atoms with Crippen LogP contribution in [-0.2, 0) is 12.6 Å². The van der Waals surface area contributed by atoms with E-state index in [0.29, 0.717) is 17.6 Å². The van der Waals surface area contributed by atoms with Crippen LogP contribution < -0.4 is 10.6 Å². The van der Waals surface area contributed by atoms with Gasteiger partial charge in [-0.25, -0.2) is 9.37 Å². The lowest BCUT2D eigenvalue weighted by molar-refractivity contribution is -0.137. The van der Waals surface area contributed by atoms with Crippen molar-refractivity contribution in [1.82, 2.24) is 9.97 Å². The van der Waals surface area contributed by atoms with Crippen LogP contribution in [0.1, 0.15) is 24.5 Å². The molecule has 0 aliphatic heterocycles. The third kappa shape index (κ3) is 4.97. The summed E-state index contributed by atoms with van der Waals surface area (Å²) in [5, 5.41) is 5.48. The van der Waals surface area contributed by atoms with Crippen molar-refractivity contribution in [3.63, 3.8) is 0 Å². The lowest BCUT2D eigenvalue weighted by Crippen LogP contribution is -2.12. The molecular weight excluding hydrogens is 372 g/mol. The van der Waals surface area contributed by atoms with Crippen molar-refractivity contribution in [2.24, 2.45) is 0 Å². The number of nitrogens with zero attached hydrogens (tertiary/aromatic N) is 2. The van der Waals surface area contributed by atoms with Gasteiger partial charge in [0.05, 0.1) is 0 Å². The number of halogens is 4. The van der Waals surface area contributed by atoms with Gasteiger partial charge in [-0.3, -0.25) is 0 Å². The van der Waals surface area contributed by atoms with Gasteiger partial charge in [-0.15, -0.1) is 0 Å². The molecule has 146 valence electrons. The average molecular weight is 390 g/mol. The van der Waals surface area contributed by atoms with Crippen LogP contribution in [0.4, 0.5) is 40.7 Å². The van der Waals surface area contributed by atoms with Crippen molar-refractivity contribution in [3.8, 4) is 0 Å². The van der Waals surface area contributed by atoms with Crippen molar-refractivity contribution in [1.29, 1.82) is 0 Å². The highest BCUT2D eigenvalue weighted by molar-refractivity contribution is 5.63. The molecule has 1 heterocycles. The van der Waals surface area contributed by atoms with E-state index >= 15 is 0 Å². The Morgan fingerprint density at radius 2 is 1.50 bits per heavy atom. The summed E-state index contributed by atoms with van der Waals surface area (Å²) in [6.45, 7) is 2.05. The fourth-order valence-corrected chi connectivity index (χ4v) is 2.59. The van der Waals surface area contributed by atoms with Gasteiger partial charge in [0.2, 0.25) is 5.95 Å². The Morgan fingerprint density at radius 1 is 0.893 bits per heavy atom. The molecule has 2 N–H and O–H groups in total. The molecule has 0 spiro atoms. The topological polar surface area (TPSA) is 49.8 Å². The van der Waals surface area contributed by atoms with Crippen LogP contribution in [0.15, 0.2) is 54.7 Å². The second kappa shape index (κ2) is 8.24. The number of aryl methyl sites for hydroxylation is 1. The molecule has 0 bridgehead atoms. The fraction of sp³-hybridized carbons (Fsp3) is 0.200. The second-order valence-electron chi connectivity index (χ2n) is 6.16. The summed E-state index contributed by atoms with van der Waals surface area (Å²) >= 11 is 0. The van der Waals surface area contributed by atoms with Gasteiger partial charge in [0, 0.05) is 17.6 Å². The summed E-state index contributed by atoms with van der Waals surface area (Å²) in [6, 6.07) is 12.5. The van der Waals surface area contributed by atoms with E-state index in [4.69, 9.17) is 0 Å². The van der Waals surface area contributed by atoms with Gasteiger partial charge >= 0.3 is 6.18 Å². The molecule has 2 aromatic carbocycles. The molecule has 0 aliphatic carbocycles. The summed E-state index contributed by atoms with van der Waals surface area (Å²) in [6.07, 6.45) is -2.02. The minimum atomic E-state index is -4.61. The van der Waals surface area contributed by atoms with Gasteiger partial charge in [0.1, 0.15) is 17.2 Å². The predicted octanol–water partition coefficient (Wildman–Crippen LogP) is 6.07. The number of hydrogen-bond acceptors (Lipinski definition) is 4. The first-order valence-corrected chi connectivity index (χ1v) is 8.68. The van der Waals surface area contributed by atoms with Crippen LogP contribution in [-0.4, -0.2) is 9.97 Å². The molecular formula is C20H18F4N4. The number of anilines is 4. The van der Waals surface area contributed by atoms with Crippen molar-refractivity contribution in [2.75, 3.05) is 10.6 Å². The summed E-state index contributed by atoms with van der Waals surface area (Å²) < 4.78 is 53.0. The van der Waals surface area contributed by atoms with Crippen molar-refractivity contribution < 1.29 is 17.6 Å². The molecule has 1 aromatic heterocycles. The van der Waals surface area contributed by atoms with Gasteiger partial charge in [0.25, 0.3) is 0 Å². The van der Waals surface area contributed by atoms with Crippen molar-refractivity contribution in [3.05, 3.63) is 71.7 Å². The number of hydrogen-bond donors (Lipinski definition) is 2. The number of nitrogens with one attached hydrogen (secondary N) is 2. The zero-order chi connectivity index (χ0) is 20.1. The van der Waals surface area contributed by atoms with Gasteiger partial charge in [0.15, 0.2) is 0 Å². The summed E-state index contributed by atoms with van der Waals surface area (Å²) in [7, 11) is 0. The first kappa shape index (κ1) is 19.6. The molecule has 0 saturated carbocycles. The highest BCUT2D eigenvalue weighted by Gasteiger charge is 2.35. The quantitative estimate of drug-likeness (QED) is 0.501. The largest absolute Gasteiger partial charge is 0.421 e. The maximum absolute atomic E-state index is 13.3. The molecule has 0 atom stereocenters. The number of rotatable bonds is 6. The Kier molecular flexibility index (Phi) is 5.77. The third-order valence-electron chi connectivity index (χ3n) is 3.95. The summed E-state index contributed by atoms with van der Waals surface area (Å²) in [4.78, 5) is 7.69. The molecule has 0 aliphatic rings. The van der Waals surface area contributed by atoms with Gasteiger partial charge in [-0.2, -0.15) is 18.2 Å². The van der Waals surface area contributed by atoms with E-state index in [9.17, 15) is 17.6 Å². The van der Waals surface area contributed by atoms with E-state index in [1.807, 2.05) is 12.1 Å². The minimum Gasteiger partial charge on any atom is -0.340 e. The van der Waals surface area contributed by atoms with Gasteiger partial charge < -0.3 is 10.6 Å². The zero-order valence-corrected chi connectivity index (χ0v) is 15.0. The SMILES string of the molecule is CCCc1ccc(Nc2nc(Nc3ccc(F)cc3)ncc2C(F)(F)F)cc1. The molecule has 4 nitrogen and oxygen atoms in total. The average Bonchev–Trinajstić information content (AvgIpc) is 2.65. The van der Waals surface area contributed by atoms with Gasteiger partial charge in [-0.1, -0.05) is 25.5 Å². The van der Waals surface area contributed by atoms with Crippen LogP contribution in [0.3, 0.4) is 0 Å². The molecule has 0 amide bonds. The Hall–Kier alpha value is -3.16. The van der Waals surface area contributed by atoms with E-state index < -0.39 is 17.6 Å². The van der Waals surface area contributed by atoms with Crippen LogP contribution in [0.2, 0.25) is 0 Å². The van der Waals surface area contributed by atoms with E-state index in [2.05, 4.69) is 27.5 Å². The lowest BCUT2D eigenvalue weighted by atomic mass is 10.1. The molecule has 0 unspecified atom stereocenters. The second-order valence-corrected chi connectivity index (χ2v) is 6.16. The molecule has 8 heteroatoms. The van der Waals surface area contributed by atoms with E-state index in [1.165, 1.54) is 24.3 Å². The monoisotopic (exact) mass is 390 g/mol. The molecule has 28 heavy (non-hydrogen) atoms. The molecule has 0 radical (unpaired) electrons. The third-order valence-corrected chi connectivity index (χ3v) is 3.95. The standard InChI is InChI=1S/C20H18F4N4/c1-2-3-13-4-8-15(9-5-13)26-18-17(20(22,23)24)12-25-19(28-18)27-16-10-6-14(21)7-11-16/h4-12H,2-3H2,1H3,(H2,25,26,27,28). The molecule has 3 aromatic rings. The molecule has 0 saturated heterocycles. The first-order chi connectivity index (χ1) is 13.3. The van der Waals surface area contributed by atoms with E-state index in [-0.39, 0.29) is 11.8 Å². The molecule has 3 rings (SSSR count). The number of aromatic nitrogens is 2. The minimum absolute atomic E-state index is 0.0373. The smallest absolute Gasteiger partial charge is 0.340 e. The number of alkyl halides is 3. The summed E-state index contributed by atoms with van der Waals surface area (Å²) in [5.74, 6) is -0.826. The van der Waals surface area contributed by atoms with E-state index in [1.54, 1.807) is 12.1 Å². The highest BCUT2D eigenvalue weighted by atomic mass is 19.4. The van der Waals surface area contributed by atoms with Crippen LogP contribution in [0, 0.1) is 5.82 Å². The van der Waals surface area contributed by atoms with Crippen LogP contribution >= 0.6 is 0 Å². The molecule has 0 fully saturated rings. The normalized spacial score (nSPS) is 11.3. The fourth-order valence-electron chi connectivity index (χ4n) is 2.59. The van der Waals surface area contributed by atoms with Crippen LogP contribution in [0.25, 0.3) is 0 Å².